The van der Waals surface area contributed by atoms with Crippen LogP contribution in [0.15, 0.2) is 58.6 Å². The molecule has 156 valence electrons. The number of aromatic nitrogens is 1. The van der Waals surface area contributed by atoms with Crippen molar-refractivity contribution >= 4 is 27.7 Å². The summed E-state index contributed by atoms with van der Waals surface area (Å²) in [5.74, 6) is 0.387. The summed E-state index contributed by atoms with van der Waals surface area (Å²) >= 11 is 1.51. The van der Waals surface area contributed by atoms with Gasteiger partial charge < -0.3 is 4.90 Å². The number of rotatable bonds is 5. The van der Waals surface area contributed by atoms with Crippen LogP contribution in [0.4, 0.5) is 0 Å². The molecule has 1 fully saturated rings. The lowest BCUT2D eigenvalue weighted by Crippen LogP contribution is -2.50. The molecule has 0 radical (unpaired) electrons. The van der Waals surface area contributed by atoms with Crippen molar-refractivity contribution in [3.63, 3.8) is 0 Å². The summed E-state index contributed by atoms with van der Waals surface area (Å²) in [5.41, 5.74) is 1.37. The van der Waals surface area contributed by atoms with Gasteiger partial charge in [-0.05, 0) is 35.2 Å². The van der Waals surface area contributed by atoms with Gasteiger partial charge in [-0.15, -0.1) is 11.8 Å². The minimum atomic E-state index is -3.56. The average Bonchev–Trinajstić information content (AvgIpc) is 2.72. The molecule has 0 unspecified atom stereocenters. The molecule has 1 saturated heterocycles. The van der Waals surface area contributed by atoms with Crippen LogP contribution in [0, 0.1) is 0 Å². The summed E-state index contributed by atoms with van der Waals surface area (Å²) in [6.45, 7) is 7.93. The summed E-state index contributed by atoms with van der Waals surface area (Å²) in [5, 5.41) is 0. The van der Waals surface area contributed by atoms with Gasteiger partial charge in [-0.1, -0.05) is 32.9 Å². The highest BCUT2D eigenvalue weighted by molar-refractivity contribution is 8.00. The van der Waals surface area contributed by atoms with E-state index in [0.29, 0.717) is 31.9 Å². The predicted octanol–water partition coefficient (Wildman–Crippen LogP) is 3.00. The smallest absolute Gasteiger partial charge is 0.244 e. The van der Waals surface area contributed by atoms with Crippen molar-refractivity contribution in [1.82, 2.24) is 14.2 Å². The van der Waals surface area contributed by atoms with Crippen LogP contribution in [-0.4, -0.2) is 60.4 Å². The highest BCUT2D eigenvalue weighted by Gasteiger charge is 2.30. The zero-order chi connectivity index (χ0) is 21.1. The average molecular weight is 434 g/mol. The largest absolute Gasteiger partial charge is 0.339 e. The van der Waals surface area contributed by atoms with Gasteiger partial charge in [0.25, 0.3) is 0 Å². The van der Waals surface area contributed by atoms with Gasteiger partial charge in [0.15, 0.2) is 0 Å². The molecule has 0 spiro atoms. The number of thioether (sulfide) groups is 1. The van der Waals surface area contributed by atoms with Crippen molar-refractivity contribution in [1.29, 1.82) is 0 Å². The molecule has 1 amide bonds. The van der Waals surface area contributed by atoms with E-state index >= 15 is 0 Å². The number of pyridine rings is 1. The lowest BCUT2D eigenvalue weighted by molar-refractivity contribution is -0.129. The third-order valence-electron chi connectivity index (χ3n) is 4.95. The molecule has 0 saturated carbocycles. The molecule has 0 bridgehead atoms. The molecule has 1 aliphatic rings. The minimum Gasteiger partial charge on any atom is -0.339 e. The highest BCUT2D eigenvalue weighted by Crippen LogP contribution is 2.26. The van der Waals surface area contributed by atoms with E-state index in [-0.39, 0.29) is 16.2 Å². The number of benzene rings is 1. The quantitative estimate of drug-likeness (QED) is 0.678. The van der Waals surface area contributed by atoms with Gasteiger partial charge in [0.1, 0.15) is 4.90 Å². The van der Waals surface area contributed by atoms with Crippen molar-refractivity contribution < 1.29 is 13.2 Å². The third kappa shape index (κ3) is 5.38. The number of piperazine rings is 1. The Labute approximate surface area is 177 Å². The standard InChI is InChI=1S/C21H27N3O3S2/c1-21(2,3)17-6-8-18(9-7-17)28-16-20(25)23-11-13-24(14-12-23)29(26,27)19-5-4-10-22-15-19/h4-10,15H,11-14,16H2,1-3H3. The summed E-state index contributed by atoms with van der Waals surface area (Å²) < 4.78 is 26.7. The van der Waals surface area contributed by atoms with Gasteiger partial charge >= 0.3 is 0 Å². The topological polar surface area (TPSA) is 70.6 Å². The van der Waals surface area contributed by atoms with Gasteiger partial charge in [-0.2, -0.15) is 4.31 Å². The summed E-state index contributed by atoms with van der Waals surface area (Å²) in [6.07, 6.45) is 2.90. The Kier molecular flexibility index (Phi) is 6.65. The first-order chi connectivity index (χ1) is 13.7. The van der Waals surface area contributed by atoms with Crippen LogP contribution in [0.2, 0.25) is 0 Å². The van der Waals surface area contributed by atoms with Crippen LogP contribution in [0.25, 0.3) is 0 Å². The first kappa shape index (κ1) is 21.8. The molecule has 0 aliphatic carbocycles. The SMILES string of the molecule is CC(C)(C)c1ccc(SCC(=O)N2CCN(S(=O)(=O)c3cccnc3)CC2)cc1. The number of sulfonamides is 1. The molecule has 29 heavy (non-hydrogen) atoms. The fourth-order valence-corrected chi connectivity index (χ4v) is 5.30. The van der Waals surface area contributed by atoms with E-state index < -0.39 is 10.0 Å². The van der Waals surface area contributed by atoms with Crippen molar-refractivity contribution in [3.8, 4) is 0 Å². The second-order valence-electron chi connectivity index (χ2n) is 8.04. The van der Waals surface area contributed by atoms with Gasteiger partial charge in [-0.25, -0.2) is 8.42 Å². The van der Waals surface area contributed by atoms with E-state index in [2.05, 4.69) is 50.0 Å². The van der Waals surface area contributed by atoms with Crippen LogP contribution < -0.4 is 0 Å². The van der Waals surface area contributed by atoms with Crippen molar-refractivity contribution in [3.05, 3.63) is 54.4 Å². The molecule has 2 heterocycles. The maximum absolute atomic E-state index is 12.7. The predicted molar refractivity (Wildman–Crippen MR) is 115 cm³/mol. The Balaban J connectivity index is 1.51. The van der Waals surface area contributed by atoms with Crippen molar-refractivity contribution in [2.75, 3.05) is 31.9 Å². The summed E-state index contributed by atoms with van der Waals surface area (Å²) in [4.78, 5) is 19.4. The van der Waals surface area contributed by atoms with E-state index in [4.69, 9.17) is 0 Å². The molecule has 8 heteroatoms. The molecule has 0 atom stereocenters. The molecule has 0 N–H and O–H groups in total. The second-order valence-corrected chi connectivity index (χ2v) is 11.0. The zero-order valence-corrected chi connectivity index (χ0v) is 18.7. The molecule has 1 aromatic carbocycles. The fourth-order valence-electron chi connectivity index (χ4n) is 3.11. The van der Waals surface area contributed by atoms with E-state index in [1.165, 1.54) is 27.8 Å². The summed E-state index contributed by atoms with van der Waals surface area (Å²) in [7, 11) is -3.56. The van der Waals surface area contributed by atoms with Crippen LogP contribution in [-0.2, 0) is 20.2 Å². The first-order valence-electron chi connectivity index (χ1n) is 9.59. The van der Waals surface area contributed by atoms with Crippen LogP contribution in [0.1, 0.15) is 26.3 Å². The minimum absolute atomic E-state index is 0.0355. The second kappa shape index (κ2) is 8.85. The lowest BCUT2D eigenvalue weighted by Gasteiger charge is -2.34. The Hall–Kier alpha value is -1.90. The lowest BCUT2D eigenvalue weighted by atomic mass is 9.87. The fraction of sp³-hybridized carbons (Fsp3) is 0.429. The molecule has 6 nitrogen and oxygen atoms in total. The van der Waals surface area contributed by atoms with Gasteiger partial charge in [0.05, 0.1) is 5.75 Å². The number of carbonyl (C=O) groups is 1. The molecule has 2 aromatic rings. The molecular weight excluding hydrogens is 406 g/mol. The Bertz CT molecular complexity index is 931. The number of amides is 1. The van der Waals surface area contributed by atoms with Gasteiger partial charge in [0.2, 0.25) is 15.9 Å². The number of hydrogen-bond donors (Lipinski definition) is 0. The van der Waals surface area contributed by atoms with Gasteiger partial charge in [0, 0.05) is 43.5 Å². The van der Waals surface area contributed by atoms with E-state index in [1.54, 1.807) is 23.2 Å². The summed E-state index contributed by atoms with van der Waals surface area (Å²) in [6, 6.07) is 11.5. The third-order valence-corrected chi connectivity index (χ3v) is 7.83. The molecule has 1 aliphatic heterocycles. The Morgan fingerprint density at radius 1 is 1.07 bits per heavy atom. The van der Waals surface area contributed by atoms with E-state index in [0.717, 1.165) is 4.90 Å². The first-order valence-corrected chi connectivity index (χ1v) is 12.0. The van der Waals surface area contributed by atoms with Crippen molar-refractivity contribution in [2.45, 2.75) is 36.0 Å². The normalized spacial score (nSPS) is 16.0. The zero-order valence-electron chi connectivity index (χ0n) is 17.0. The highest BCUT2D eigenvalue weighted by atomic mass is 32.2. The monoisotopic (exact) mass is 433 g/mol. The van der Waals surface area contributed by atoms with E-state index in [9.17, 15) is 13.2 Å². The Morgan fingerprint density at radius 3 is 2.28 bits per heavy atom. The maximum Gasteiger partial charge on any atom is 0.244 e. The maximum atomic E-state index is 12.7. The molecule has 1 aromatic heterocycles. The van der Waals surface area contributed by atoms with Crippen LogP contribution >= 0.6 is 11.8 Å². The molecular formula is C21H27N3O3S2. The molecule has 3 rings (SSSR count). The number of nitrogens with zero attached hydrogens (tertiary/aromatic N) is 3. The van der Waals surface area contributed by atoms with Crippen LogP contribution in [0.3, 0.4) is 0 Å². The van der Waals surface area contributed by atoms with Crippen LogP contribution in [0.5, 0.6) is 0 Å². The number of carbonyl (C=O) groups excluding carboxylic acids is 1. The number of hydrogen-bond acceptors (Lipinski definition) is 5. The van der Waals surface area contributed by atoms with Gasteiger partial charge in [-0.3, -0.25) is 9.78 Å². The Morgan fingerprint density at radius 2 is 1.72 bits per heavy atom. The van der Waals surface area contributed by atoms with E-state index in [1.807, 2.05) is 0 Å². The van der Waals surface area contributed by atoms with Crippen molar-refractivity contribution in [2.24, 2.45) is 0 Å².